The smallest absolute Gasteiger partial charge is 0.253 e. The highest BCUT2D eigenvalue weighted by Gasteiger charge is 2.32. The van der Waals surface area contributed by atoms with Gasteiger partial charge in [0.25, 0.3) is 5.92 Å². The Morgan fingerprint density at radius 1 is 1.36 bits per heavy atom. The molecule has 2 rings (SSSR count). The van der Waals surface area contributed by atoms with Crippen LogP contribution in [0.3, 0.4) is 0 Å². The van der Waals surface area contributed by atoms with E-state index in [2.05, 4.69) is 21.2 Å². The molecule has 0 saturated carbocycles. The minimum absolute atomic E-state index is 0.103. The first-order valence-corrected chi connectivity index (χ1v) is 5.27. The highest BCUT2D eigenvalue weighted by Crippen LogP contribution is 2.34. The Morgan fingerprint density at radius 2 is 2.14 bits per heavy atom. The summed E-state index contributed by atoms with van der Waals surface area (Å²) >= 11 is 3.35. The van der Waals surface area contributed by atoms with Crippen molar-refractivity contribution in [2.45, 2.75) is 18.8 Å². The first-order valence-electron chi connectivity index (χ1n) is 4.48. The van der Waals surface area contributed by atoms with Crippen molar-refractivity contribution in [3.05, 3.63) is 28.2 Å². The Bertz CT molecular complexity index is 352. The topological polar surface area (TPSA) is 12.0 Å². The fourth-order valence-corrected chi connectivity index (χ4v) is 2.20. The molecule has 0 spiro atoms. The van der Waals surface area contributed by atoms with Crippen molar-refractivity contribution in [2.24, 2.45) is 0 Å². The number of halogens is 3. The first kappa shape index (κ1) is 9.90. The number of benzene rings is 1. The summed E-state index contributed by atoms with van der Waals surface area (Å²) in [6.07, 6.45) is -0.275. The molecule has 1 aliphatic rings. The summed E-state index contributed by atoms with van der Waals surface area (Å²) in [5, 5.41) is 3.02. The van der Waals surface area contributed by atoms with Gasteiger partial charge in [0.15, 0.2) is 0 Å². The molecule has 0 saturated heterocycles. The van der Waals surface area contributed by atoms with Crippen LogP contribution < -0.4 is 5.32 Å². The molecule has 4 heteroatoms. The van der Waals surface area contributed by atoms with Crippen molar-refractivity contribution in [1.82, 2.24) is 0 Å². The maximum absolute atomic E-state index is 13.2. The van der Waals surface area contributed by atoms with Crippen LogP contribution in [0.5, 0.6) is 0 Å². The molecule has 0 atom stereocenters. The van der Waals surface area contributed by atoms with Crippen molar-refractivity contribution in [1.29, 1.82) is 0 Å². The number of para-hydroxylation sites is 1. The lowest BCUT2D eigenvalue weighted by Crippen LogP contribution is -2.19. The van der Waals surface area contributed by atoms with E-state index in [-0.39, 0.29) is 12.8 Å². The molecule has 0 amide bonds. The van der Waals surface area contributed by atoms with Crippen molar-refractivity contribution in [3.8, 4) is 0 Å². The molecule has 1 N–H and O–H groups in total. The summed E-state index contributed by atoms with van der Waals surface area (Å²) in [6.45, 7) is 0.322. The number of anilines is 1. The lowest BCUT2D eigenvalue weighted by atomic mass is 10.1. The van der Waals surface area contributed by atoms with Crippen LogP contribution >= 0.6 is 15.9 Å². The fraction of sp³-hybridized carbons (Fsp3) is 0.400. The fourth-order valence-electron chi connectivity index (χ4n) is 1.65. The molecule has 1 heterocycles. The first-order chi connectivity index (χ1) is 6.58. The van der Waals surface area contributed by atoms with Gasteiger partial charge in [0, 0.05) is 23.9 Å². The number of hydrogen-bond acceptors (Lipinski definition) is 1. The highest BCUT2D eigenvalue weighted by atomic mass is 79.9. The molecule has 0 aromatic heterocycles. The van der Waals surface area contributed by atoms with Crippen LogP contribution in [0.1, 0.15) is 12.0 Å². The van der Waals surface area contributed by atoms with Crippen molar-refractivity contribution in [2.75, 3.05) is 11.9 Å². The second kappa shape index (κ2) is 3.50. The molecule has 0 aliphatic carbocycles. The Balaban J connectivity index is 2.42. The molecular formula is C10H10BrF2N. The van der Waals surface area contributed by atoms with Crippen LogP contribution in [-0.4, -0.2) is 12.5 Å². The average molecular weight is 262 g/mol. The third-order valence-corrected chi connectivity index (χ3v) is 3.00. The van der Waals surface area contributed by atoms with Gasteiger partial charge < -0.3 is 5.32 Å². The number of fused-ring (bicyclic) bond motifs is 1. The van der Waals surface area contributed by atoms with E-state index in [0.29, 0.717) is 12.1 Å². The van der Waals surface area contributed by atoms with Gasteiger partial charge in [-0.15, -0.1) is 0 Å². The minimum atomic E-state index is -2.58. The second-order valence-corrected chi connectivity index (χ2v) is 4.34. The van der Waals surface area contributed by atoms with E-state index in [0.717, 1.165) is 10.2 Å². The normalized spacial score (nSPS) is 19.4. The zero-order valence-corrected chi connectivity index (χ0v) is 9.07. The van der Waals surface area contributed by atoms with E-state index in [9.17, 15) is 8.78 Å². The summed E-state index contributed by atoms with van der Waals surface area (Å²) in [5.74, 6) is -2.58. The lowest BCUT2D eigenvalue weighted by molar-refractivity contribution is -0.00195. The van der Waals surface area contributed by atoms with E-state index in [1.165, 1.54) is 0 Å². The van der Waals surface area contributed by atoms with Crippen LogP contribution in [0.2, 0.25) is 0 Å². The number of rotatable bonds is 0. The van der Waals surface area contributed by atoms with Gasteiger partial charge in [-0.1, -0.05) is 12.1 Å². The van der Waals surface area contributed by atoms with Crippen molar-refractivity contribution < 1.29 is 8.78 Å². The molecule has 76 valence electrons. The van der Waals surface area contributed by atoms with E-state index in [1.807, 2.05) is 6.07 Å². The van der Waals surface area contributed by atoms with E-state index in [1.54, 1.807) is 12.1 Å². The molecule has 1 nitrogen and oxygen atoms in total. The van der Waals surface area contributed by atoms with Gasteiger partial charge in [-0.3, -0.25) is 0 Å². The quantitative estimate of drug-likeness (QED) is 0.755. The number of nitrogens with one attached hydrogen (secondary N) is 1. The molecule has 0 radical (unpaired) electrons. The van der Waals surface area contributed by atoms with Crippen molar-refractivity contribution >= 4 is 21.6 Å². The van der Waals surface area contributed by atoms with Crippen LogP contribution in [0.4, 0.5) is 14.5 Å². The minimum Gasteiger partial charge on any atom is -0.384 e. The van der Waals surface area contributed by atoms with Gasteiger partial charge >= 0.3 is 0 Å². The maximum Gasteiger partial charge on any atom is 0.253 e. The van der Waals surface area contributed by atoms with Crippen molar-refractivity contribution in [3.63, 3.8) is 0 Å². The van der Waals surface area contributed by atoms with Gasteiger partial charge in [-0.2, -0.15) is 0 Å². The standard InChI is InChI=1S/C10H10BrF2N/c11-8-3-1-2-7-6-10(12,13)4-5-14-9(7)8/h1-3,14H,4-6H2. The third kappa shape index (κ3) is 1.90. The Labute approximate surface area is 89.6 Å². The van der Waals surface area contributed by atoms with Gasteiger partial charge in [0.2, 0.25) is 0 Å². The largest absolute Gasteiger partial charge is 0.384 e. The second-order valence-electron chi connectivity index (χ2n) is 3.48. The van der Waals surface area contributed by atoms with E-state index < -0.39 is 5.92 Å². The maximum atomic E-state index is 13.2. The van der Waals surface area contributed by atoms with E-state index in [4.69, 9.17) is 0 Å². The highest BCUT2D eigenvalue weighted by molar-refractivity contribution is 9.10. The molecule has 1 aliphatic heterocycles. The molecule has 0 unspecified atom stereocenters. The monoisotopic (exact) mass is 261 g/mol. The number of alkyl halides is 2. The predicted octanol–water partition coefficient (Wildman–Crippen LogP) is 3.44. The van der Waals surface area contributed by atoms with E-state index >= 15 is 0 Å². The van der Waals surface area contributed by atoms with Gasteiger partial charge in [0.1, 0.15) is 0 Å². The third-order valence-electron chi connectivity index (χ3n) is 2.34. The van der Waals surface area contributed by atoms with Gasteiger partial charge in [-0.05, 0) is 27.6 Å². The SMILES string of the molecule is FC1(F)CCNc2c(Br)cccc2C1. The van der Waals surface area contributed by atoms with Crippen LogP contribution in [0.25, 0.3) is 0 Å². The number of hydrogen-bond donors (Lipinski definition) is 1. The Morgan fingerprint density at radius 3 is 2.93 bits per heavy atom. The lowest BCUT2D eigenvalue weighted by Gasteiger charge is -2.12. The summed E-state index contributed by atoms with van der Waals surface area (Å²) < 4.78 is 27.3. The summed E-state index contributed by atoms with van der Waals surface area (Å²) in [7, 11) is 0. The van der Waals surface area contributed by atoms with Gasteiger partial charge in [-0.25, -0.2) is 8.78 Å². The zero-order chi connectivity index (χ0) is 10.2. The molecular weight excluding hydrogens is 252 g/mol. The molecule has 1 aromatic carbocycles. The molecule has 14 heavy (non-hydrogen) atoms. The van der Waals surface area contributed by atoms with Gasteiger partial charge in [0.05, 0.1) is 5.69 Å². The Hall–Kier alpha value is -0.640. The predicted molar refractivity (Wildman–Crippen MR) is 55.9 cm³/mol. The summed E-state index contributed by atoms with van der Waals surface area (Å²) in [4.78, 5) is 0. The van der Waals surface area contributed by atoms with Crippen LogP contribution in [-0.2, 0) is 6.42 Å². The molecule has 1 aromatic rings. The molecule has 0 bridgehead atoms. The van der Waals surface area contributed by atoms with Crippen LogP contribution in [0, 0.1) is 0 Å². The Kier molecular flexibility index (Phi) is 2.47. The summed E-state index contributed by atoms with van der Waals surface area (Å²) in [6, 6.07) is 5.38. The zero-order valence-electron chi connectivity index (χ0n) is 7.49. The van der Waals surface area contributed by atoms with Crippen LogP contribution in [0.15, 0.2) is 22.7 Å². The summed E-state index contributed by atoms with van der Waals surface area (Å²) in [5.41, 5.74) is 1.49. The molecule has 0 fully saturated rings. The average Bonchev–Trinajstić information content (AvgIpc) is 2.23.